The molecule has 150 valence electrons. The molecule has 0 amide bonds. The van der Waals surface area contributed by atoms with E-state index in [4.69, 9.17) is 4.74 Å². The zero-order chi connectivity index (χ0) is 19.9. The molecule has 0 spiro atoms. The van der Waals surface area contributed by atoms with E-state index in [0.29, 0.717) is 5.95 Å². The van der Waals surface area contributed by atoms with Crippen molar-refractivity contribution in [3.63, 3.8) is 0 Å². The minimum absolute atomic E-state index is 0.584. The molecule has 6 nitrogen and oxygen atoms in total. The minimum Gasteiger partial charge on any atom is -0.496 e. The van der Waals surface area contributed by atoms with E-state index in [1.807, 2.05) is 24.3 Å². The number of nitrogens with one attached hydrogen (secondary N) is 2. The van der Waals surface area contributed by atoms with Gasteiger partial charge in [0.1, 0.15) is 11.6 Å². The first-order chi connectivity index (χ1) is 14.3. The quantitative estimate of drug-likeness (QED) is 0.592. The Morgan fingerprint density at radius 3 is 2.59 bits per heavy atom. The molecule has 0 unspecified atom stereocenters. The van der Waals surface area contributed by atoms with Crippen molar-refractivity contribution in [3.8, 4) is 5.75 Å². The highest BCUT2D eigenvalue weighted by atomic mass is 16.5. The van der Waals surface area contributed by atoms with Crippen LogP contribution >= 0.6 is 0 Å². The van der Waals surface area contributed by atoms with E-state index in [-0.39, 0.29) is 0 Å². The van der Waals surface area contributed by atoms with Crippen molar-refractivity contribution in [2.75, 3.05) is 42.3 Å². The molecule has 3 aromatic rings. The molecule has 0 saturated carbocycles. The Morgan fingerprint density at radius 1 is 1.00 bits per heavy atom. The number of hydrogen-bond donors (Lipinski definition) is 2. The third kappa shape index (κ3) is 4.96. The van der Waals surface area contributed by atoms with E-state index in [1.165, 1.54) is 24.1 Å². The van der Waals surface area contributed by atoms with E-state index < -0.39 is 0 Å². The highest BCUT2D eigenvalue weighted by Gasteiger charge is 2.12. The van der Waals surface area contributed by atoms with Gasteiger partial charge in [0.05, 0.1) is 7.11 Å². The number of aromatic nitrogens is 2. The number of methoxy groups -OCH3 is 1. The number of benzene rings is 2. The van der Waals surface area contributed by atoms with Crippen LogP contribution in [0.15, 0.2) is 60.8 Å². The summed E-state index contributed by atoms with van der Waals surface area (Å²) in [5.41, 5.74) is 3.44. The lowest BCUT2D eigenvalue weighted by Gasteiger charge is -2.17. The summed E-state index contributed by atoms with van der Waals surface area (Å²) in [5.74, 6) is 2.30. The molecule has 0 aliphatic carbocycles. The lowest BCUT2D eigenvalue weighted by molar-refractivity contribution is 0.410. The number of anilines is 4. The van der Waals surface area contributed by atoms with Crippen molar-refractivity contribution in [1.82, 2.24) is 9.97 Å². The Hall–Kier alpha value is -3.28. The Morgan fingerprint density at radius 2 is 1.79 bits per heavy atom. The van der Waals surface area contributed by atoms with E-state index in [1.54, 1.807) is 13.3 Å². The van der Waals surface area contributed by atoms with Gasteiger partial charge in [0.2, 0.25) is 5.95 Å². The molecule has 1 aliphatic rings. The third-order valence-corrected chi connectivity index (χ3v) is 5.14. The van der Waals surface area contributed by atoms with Crippen LogP contribution < -0.4 is 20.3 Å². The van der Waals surface area contributed by atoms with Crippen LogP contribution in [0.3, 0.4) is 0 Å². The van der Waals surface area contributed by atoms with Crippen molar-refractivity contribution < 1.29 is 4.74 Å². The number of para-hydroxylation sites is 1. The van der Waals surface area contributed by atoms with Crippen LogP contribution in [0, 0.1) is 0 Å². The molecule has 0 atom stereocenters. The molecule has 1 saturated heterocycles. The van der Waals surface area contributed by atoms with E-state index in [2.05, 4.69) is 55.8 Å². The average molecular weight is 390 g/mol. The lowest BCUT2D eigenvalue weighted by Crippen LogP contribution is -2.17. The van der Waals surface area contributed by atoms with Gasteiger partial charge < -0.3 is 20.3 Å². The van der Waals surface area contributed by atoms with Gasteiger partial charge in [0, 0.05) is 37.2 Å². The number of nitrogens with zero attached hydrogens (tertiary/aromatic N) is 3. The third-order valence-electron chi connectivity index (χ3n) is 5.14. The lowest BCUT2D eigenvalue weighted by atomic mass is 10.1. The predicted molar refractivity (Wildman–Crippen MR) is 118 cm³/mol. The molecule has 2 N–H and O–H groups in total. The molecule has 1 aliphatic heterocycles. The smallest absolute Gasteiger partial charge is 0.229 e. The topological polar surface area (TPSA) is 62.3 Å². The molecule has 4 rings (SSSR count). The van der Waals surface area contributed by atoms with Gasteiger partial charge >= 0.3 is 0 Å². The summed E-state index contributed by atoms with van der Waals surface area (Å²) >= 11 is 0. The normalized spacial score (nSPS) is 13.3. The van der Waals surface area contributed by atoms with Gasteiger partial charge in [-0.25, -0.2) is 4.98 Å². The van der Waals surface area contributed by atoms with Crippen LogP contribution in [0.5, 0.6) is 5.75 Å². The van der Waals surface area contributed by atoms with Crippen LogP contribution in [-0.2, 0) is 6.42 Å². The molecule has 2 heterocycles. The summed E-state index contributed by atoms with van der Waals surface area (Å²) in [7, 11) is 1.70. The summed E-state index contributed by atoms with van der Waals surface area (Å²) in [4.78, 5) is 11.3. The van der Waals surface area contributed by atoms with Gasteiger partial charge in [-0.05, 0) is 61.2 Å². The summed E-state index contributed by atoms with van der Waals surface area (Å²) in [5, 5.41) is 6.65. The Labute approximate surface area is 172 Å². The molecule has 29 heavy (non-hydrogen) atoms. The van der Waals surface area contributed by atoms with E-state index in [9.17, 15) is 0 Å². The van der Waals surface area contributed by atoms with Crippen molar-refractivity contribution in [2.24, 2.45) is 0 Å². The fourth-order valence-corrected chi connectivity index (χ4v) is 3.61. The van der Waals surface area contributed by atoms with Gasteiger partial charge in [-0.3, -0.25) is 0 Å². The highest BCUT2D eigenvalue weighted by Crippen LogP contribution is 2.23. The molecule has 6 heteroatoms. The monoisotopic (exact) mass is 389 g/mol. The molecular formula is C23H27N5O. The second-order valence-electron chi connectivity index (χ2n) is 7.12. The SMILES string of the molecule is COc1ccccc1CCNc1ccnc(Nc2ccc(N3CCCC3)cc2)n1. The molecular weight excluding hydrogens is 362 g/mol. The van der Waals surface area contributed by atoms with Crippen LogP contribution in [0.25, 0.3) is 0 Å². The largest absolute Gasteiger partial charge is 0.496 e. The van der Waals surface area contributed by atoms with Crippen LogP contribution in [-0.4, -0.2) is 36.7 Å². The van der Waals surface area contributed by atoms with Crippen LogP contribution in [0.1, 0.15) is 18.4 Å². The fourth-order valence-electron chi connectivity index (χ4n) is 3.61. The summed E-state index contributed by atoms with van der Waals surface area (Å²) < 4.78 is 5.41. The maximum Gasteiger partial charge on any atom is 0.229 e. The van der Waals surface area contributed by atoms with Crippen molar-refractivity contribution in [3.05, 3.63) is 66.4 Å². The fraction of sp³-hybridized carbons (Fsp3) is 0.304. The summed E-state index contributed by atoms with van der Waals surface area (Å²) in [6.07, 6.45) is 5.18. The second kappa shape index (κ2) is 9.28. The molecule has 1 aromatic heterocycles. The first-order valence-corrected chi connectivity index (χ1v) is 10.1. The standard InChI is InChI=1S/C23H27N5O/c1-29-21-7-3-2-6-18(21)12-14-24-22-13-15-25-23(27-22)26-19-8-10-20(11-9-19)28-16-4-5-17-28/h2-3,6-11,13,15H,4-5,12,14,16-17H2,1H3,(H2,24,25,26,27). The van der Waals surface area contributed by atoms with Crippen molar-refractivity contribution in [2.45, 2.75) is 19.3 Å². The number of ether oxygens (including phenoxy) is 1. The van der Waals surface area contributed by atoms with E-state index >= 15 is 0 Å². The van der Waals surface area contributed by atoms with Gasteiger partial charge in [-0.2, -0.15) is 4.98 Å². The van der Waals surface area contributed by atoms with Gasteiger partial charge in [-0.1, -0.05) is 18.2 Å². The molecule has 2 aromatic carbocycles. The van der Waals surface area contributed by atoms with Crippen molar-refractivity contribution in [1.29, 1.82) is 0 Å². The maximum atomic E-state index is 5.41. The van der Waals surface area contributed by atoms with Crippen LogP contribution in [0.2, 0.25) is 0 Å². The first kappa shape index (κ1) is 19.1. The van der Waals surface area contributed by atoms with Crippen molar-refractivity contribution >= 4 is 23.1 Å². The summed E-state index contributed by atoms with van der Waals surface area (Å²) in [6, 6.07) is 18.4. The Kier molecular flexibility index (Phi) is 6.10. The Balaban J connectivity index is 1.33. The van der Waals surface area contributed by atoms with E-state index in [0.717, 1.165) is 43.3 Å². The van der Waals surface area contributed by atoms with Gasteiger partial charge in [-0.15, -0.1) is 0 Å². The molecule has 0 bridgehead atoms. The van der Waals surface area contributed by atoms with Gasteiger partial charge in [0.25, 0.3) is 0 Å². The molecule has 1 fully saturated rings. The van der Waals surface area contributed by atoms with Crippen LogP contribution in [0.4, 0.5) is 23.1 Å². The Bertz CT molecular complexity index is 923. The second-order valence-corrected chi connectivity index (χ2v) is 7.12. The zero-order valence-electron chi connectivity index (χ0n) is 16.8. The maximum absolute atomic E-state index is 5.41. The first-order valence-electron chi connectivity index (χ1n) is 10.1. The number of hydrogen-bond acceptors (Lipinski definition) is 6. The van der Waals surface area contributed by atoms with Gasteiger partial charge in [0.15, 0.2) is 0 Å². The predicted octanol–water partition coefficient (Wildman–Crippen LogP) is 4.48. The number of rotatable bonds is 8. The zero-order valence-corrected chi connectivity index (χ0v) is 16.8. The summed E-state index contributed by atoms with van der Waals surface area (Å²) in [6.45, 7) is 3.07. The highest BCUT2D eigenvalue weighted by molar-refractivity contribution is 5.60. The minimum atomic E-state index is 0.584. The average Bonchev–Trinajstić information content (AvgIpc) is 3.30. The molecule has 0 radical (unpaired) electrons.